The smallest absolute Gasteiger partial charge is 0.310 e. The maximum Gasteiger partial charge on any atom is 0.310 e. The van der Waals surface area contributed by atoms with E-state index >= 15 is 0 Å². The standard InChI is InChI=1S/C11H13ClN2O2/c1-11(6-3-7-11)13-9-5-2-4-8(12)10(9)14(15)16/h2,4-5,13H,3,6-7H2,1H3. The molecule has 0 saturated heterocycles. The van der Waals surface area contributed by atoms with Gasteiger partial charge in [-0.1, -0.05) is 17.7 Å². The molecule has 0 radical (unpaired) electrons. The summed E-state index contributed by atoms with van der Waals surface area (Å²) in [6.07, 6.45) is 3.24. The quantitative estimate of drug-likeness (QED) is 0.649. The summed E-state index contributed by atoms with van der Waals surface area (Å²) in [5.41, 5.74) is 0.465. The van der Waals surface area contributed by atoms with Crippen molar-refractivity contribution < 1.29 is 4.92 Å². The largest absolute Gasteiger partial charge is 0.374 e. The van der Waals surface area contributed by atoms with E-state index in [1.807, 2.05) is 0 Å². The Morgan fingerprint density at radius 2 is 2.19 bits per heavy atom. The molecule has 86 valence electrons. The molecule has 1 aliphatic rings. The van der Waals surface area contributed by atoms with Crippen molar-refractivity contribution in [2.24, 2.45) is 0 Å². The zero-order chi connectivity index (χ0) is 11.8. The number of benzene rings is 1. The molecule has 1 aromatic rings. The number of hydrogen-bond acceptors (Lipinski definition) is 3. The average Bonchev–Trinajstić information content (AvgIpc) is 2.14. The Morgan fingerprint density at radius 3 is 2.69 bits per heavy atom. The van der Waals surface area contributed by atoms with E-state index in [4.69, 9.17) is 11.6 Å². The molecular weight excluding hydrogens is 228 g/mol. The van der Waals surface area contributed by atoms with E-state index in [-0.39, 0.29) is 16.2 Å². The topological polar surface area (TPSA) is 55.2 Å². The monoisotopic (exact) mass is 240 g/mol. The van der Waals surface area contributed by atoms with Crippen LogP contribution in [0.25, 0.3) is 0 Å². The van der Waals surface area contributed by atoms with Gasteiger partial charge in [0.05, 0.1) is 4.92 Å². The Labute approximate surface area is 98.8 Å². The van der Waals surface area contributed by atoms with Gasteiger partial charge in [0.1, 0.15) is 10.7 Å². The molecule has 1 N–H and O–H groups in total. The maximum atomic E-state index is 10.9. The van der Waals surface area contributed by atoms with E-state index in [0.29, 0.717) is 5.69 Å². The van der Waals surface area contributed by atoms with Crippen LogP contribution in [0.4, 0.5) is 11.4 Å². The van der Waals surface area contributed by atoms with Crippen molar-refractivity contribution in [3.8, 4) is 0 Å². The summed E-state index contributed by atoms with van der Waals surface area (Å²) in [5.74, 6) is 0. The summed E-state index contributed by atoms with van der Waals surface area (Å²) in [5, 5.41) is 14.3. The van der Waals surface area contributed by atoms with Gasteiger partial charge in [0, 0.05) is 5.54 Å². The minimum atomic E-state index is -0.438. The number of nitrogens with one attached hydrogen (secondary N) is 1. The van der Waals surface area contributed by atoms with Gasteiger partial charge in [-0.3, -0.25) is 10.1 Å². The normalized spacial score (nSPS) is 17.6. The van der Waals surface area contributed by atoms with E-state index in [1.165, 1.54) is 6.07 Å². The molecular formula is C11H13ClN2O2. The predicted molar refractivity (Wildman–Crippen MR) is 64.0 cm³/mol. The molecule has 0 bridgehead atoms. The van der Waals surface area contributed by atoms with E-state index in [2.05, 4.69) is 12.2 Å². The lowest BCUT2D eigenvalue weighted by molar-refractivity contribution is -0.383. The van der Waals surface area contributed by atoms with Gasteiger partial charge in [-0.25, -0.2) is 0 Å². The highest BCUT2D eigenvalue weighted by Crippen LogP contribution is 2.39. The molecule has 0 unspecified atom stereocenters. The van der Waals surface area contributed by atoms with Gasteiger partial charge < -0.3 is 5.32 Å². The summed E-state index contributed by atoms with van der Waals surface area (Å²) in [6.45, 7) is 2.07. The van der Waals surface area contributed by atoms with Gasteiger partial charge in [0.2, 0.25) is 0 Å². The van der Waals surface area contributed by atoms with E-state index < -0.39 is 4.92 Å². The molecule has 1 aliphatic carbocycles. The first-order valence-electron chi connectivity index (χ1n) is 5.23. The fraction of sp³-hybridized carbons (Fsp3) is 0.455. The van der Waals surface area contributed by atoms with Gasteiger partial charge in [-0.2, -0.15) is 0 Å². The minimum absolute atomic E-state index is 0.0184. The molecule has 0 amide bonds. The van der Waals surface area contributed by atoms with Crippen molar-refractivity contribution in [3.05, 3.63) is 33.3 Å². The van der Waals surface area contributed by atoms with Crippen LogP contribution < -0.4 is 5.32 Å². The second-order valence-corrected chi connectivity index (χ2v) is 4.84. The van der Waals surface area contributed by atoms with Crippen LogP contribution in [-0.4, -0.2) is 10.5 Å². The van der Waals surface area contributed by atoms with Crippen LogP contribution in [0.1, 0.15) is 26.2 Å². The molecule has 0 spiro atoms. The zero-order valence-corrected chi connectivity index (χ0v) is 9.75. The van der Waals surface area contributed by atoms with E-state index in [1.54, 1.807) is 12.1 Å². The predicted octanol–water partition coefficient (Wildman–Crippen LogP) is 3.60. The highest BCUT2D eigenvalue weighted by molar-refractivity contribution is 6.33. The summed E-state index contributed by atoms with van der Waals surface area (Å²) >= 11 is 5.83. The van der Waals surface area contributed by atoms with Crippen molar-refractivity contribution in [2.75, 3.05) is 5.32 Å². The molecule has 0 aliphatic heterocycles. The van der Waals surface area contributed by atoms with Crippen molar-refractivity contribution in [2.45, 2.75) is 31.7 Å². The number of halogens is 1. The molecule has 0 aromatic heterocycles. The van der Waals surface area contributed by atoms with Crippen molar-refractivity contribution in [3.63, 3.8) is 0 Å². The molecule has 4 nitrogen and oxygen atoms in total. The molecule has 0 atom stereocenters. The van der Waals surface area contributed by atoms with Crippen molar-refractivity contribution in [1.29, 1.82) is 0 Å². The van der Waals surface area contributed by atoms with Crippen LogP contribution in [0.15, 0.2) is 18.2 Å². The van der Waals surface area contributed by atoms with Crippen LogP contribution in [-0.2, 0) is 0 Å². The number of nitrogens with zero attached hydrogens (tertiary/aromatic N) is 1. The molecule has 1 aromatic carbocycles. The number of nitro groups is 1. The van der Waals surface area contributed by atoms with Crippen molar-refractivity contribution in [1.82, 2.24) is 0 Å². The first kappa shape index (κ1) is 11.2. The molecule has 1 saturated carbocycles. The lowest BCUT2D eigenvalue weighted by Gasteiger charge is -2.39. The fourth-order valence-electron chi connectivity index (χ4n) is 1.96. The Hall–Kier alpha value is -1.29. The first-order valence-corrected chi connectivity index (χ1v) is 5.61. The van der Waals surface area contributed by atoms with E-state index in [0.717, 1.165) is 19.3 Å². The van der Waals surface area contributed by atoms with Gasteiger partial charge in [-0.05, 0) is 38.3 Å². The lowest BCUT2D eigenvalue weighted by atomic mass is 9.78. The van der Waals surface area contributed by atoms with Crippen LogP contribution in [0.3, 0.4) is 0 Å². The Morgan fingerprint density at radius 1 is 1.50 bits per heavy atom. The Balaban J connectivity index is 2.32. The lowest BCUT2D eigenvalue weighted by Crippen LogP contribution is -2.41. The van der Waals surface area contributed by atoms with Crippen LogP contribution >= 0.6 is 11.6 Å². The minimum Gasteiger partial charge on any atom is -0.374 e. The highest BCUT2D eigenvalue weighted by atomic mass is 35.5. The first-order chi connectivity index (χ1) is 7.52. The molecule has 1 fully saturated rings. The van der Waals surface area contributed by atoms with Crippen LogP contribution in [0, 0.1) is 10.1 Å². The third kappa shape index (κ3) is 1.97. The van der Waals surface area contributed by atoms with Gasteiger partial charge in [0.15, 0.2) is 0 Å². The van der Waals surface area contributed by atoms with Gasteiger partial charge >= 0.3 is 5.69 Å². The number of para-hydroxylation sites is 1. The van der Waals surface area contributed by atoms with Crippen LogP contribution in [0.5, 0.6) is 0 Å². The maximum absolute atomic E-state index is 10.9. The van der Waals surface area contributed by atoms with Crippen LogP contribution in [0.2, 0.25) is 5.02 Å². The average molecular weight is 241 g/mol. The number of hydrogen-bond donors (Lipinski definition) is 1. The summed E-state index contributed by atoms with van der Waals surface area (Å²) < 4.78 is 0. The molecule has 5 heteroatoms. The number of anilines is 1. The molecule has 16 heavy (non-hydrogen) atoms. The van der Waals surface area contributed by atoms with E-state index in [9.17, 15) is 10.1 Å². The second-order valence-electron chi connectivity index (χ2n) is 4.43. The second kappa shape index (κ2) is 3.94. The summed E-state index contributed by atoms with van der Waals surface area (Å²) in [7, 11) is 0. The third-order valence-electron chi connectivity index (χ3n) is 3.06. The summed E-state index contributed by atoms with van der Waals surface area (Å²) in [6, 6.07) is 4.96. The molecule has 0 heterocycles. The fourth-order valence-corrected chi connectivity index (χ4v) is 2.20. The highest BCUT2D eigenvalue weighted by Gasteiger charge is 2.33. The Bertz CT molecular complexity index is 430. The van der Waals surface area contributed by atoms with Gasteiger partial charge in [0.25, 0.3) is 0 Å². The van der Waals surface area contributed by atoms with Gasteiger partial charge in [-0.15, -0.1) is 0 Å². The number of nitro benzene ring substituents is 1. The van der Waals surface area contributed by atoms with Crippen molar-refractivity contribution >= 4 is 23.0 Å². The third-order valence-corrected chi connectivity index (χ3v) is 3.37. The molecule has 2 rings (SSSR count). The zero-order valence-electron chi connectivity index (χ0n) is 9.00. The number of rotatable bonds is 3. The Kier molecular flexibility index (Phi) is 2.76. The summed E-state index contributed by atoms with van der Waals surface area (Å²) in [4.78, 5) is 10.5. The SMILES string of the molecule is CC1(Nc2cccc(Cl)c2[N+](=O)[O-])CCC1.